The number of alkyl halides is 3. The van der Waals surface area contributed by atoms with Crippen LogP contribution in [0, 0.1) is 0 Å². The quantitative estimate of drug-likeness (QED) is 0.524. The van der Waals surface area contributed by atoms with Crippen molar-refractivity contribution < 1.29 is 21.6 Å². The Morgan fingerprint density at radius 3 is 2.53 bits per heavy atom. The van der Waals surface area contributed by atoms with E-state index < -0.39 is 33.7 Å². The van der Waals surface area contributed by atoms with Crippen molar-refractivity contribution in [2.45, 2.75) is 24.0 Å². The molecule has 2 aromatic carbocycles. The van der Waals surface area contributed by atoms with Crippen LogP contribution in [0.2, 0.25) is 5.02 Å². The third-order valence-electron chi connectivity index (χ3n) is 4.92. The van der Waals surface area contributed by atoms with Crippen LogP contribution in [0.3, 0.4) is 0 Å². The normalized spacial score (nSPS) is 22.8. The van der Waals surface area contributed by atoms with Crippen LogP contribution in [0.5, 0.6) is 0 Å². The summed E-state index contributed by atoms with van der Waals surface area (Å²) >= 11 is 11.0. The molecule has 160 valence electrons. The topological polar surface area (TPSA) is 49.7 Å². The number of hydrogen-bond acceptors (Lipinski definition) is 5. The molecule has 2 aromatic rings. The summed E-state index contributed by atoms with van der Waals surface area (Å²) < 4.78 is 65.0. The molecular weight excluding hydrogens is 525 g/mol. The minimum atomic E-state index is -4.54. The van der Waals surface area contributed by atoms with Crippen LogP contribution >= 0.6 is 39.3 Å². The number of halogens is 5. The largest absolute Gasteiger partial charge is 0.416 e. The number of amidine groups is 1. The number of benzene rings is 2. The highest BCUT2D eigenvalue weighted by molar-refractivity contribution is 9.10. The first-order valence-corrected chi connectivity index (χ1v) is 12.8. The van der Waals surface area contributed by atoms with Crippen molar-refractivity contribution in [3.8, 4) is 0 Å². The van der Waals surface area contributed by atoms with Gasteiger partial charge in [-0.05, 0) is 35.9 Å². The fourth-order valence-electron chi connectivity index (χ4n) is 3.52. The van der Waals surface area contributed by atoms with E-state index in [1.807, 2.05) is 24.3 Å². The first-order valence-electron chi connectivity index (χ1n) is 8.85. The second-order valence-electron chi connectivity index (χ2n) is 7.07. The minimum Gasteiger partial charge on any atom is -0.313 e. The number of thioether (sulfide) groups is 1. The molecule has 2 aliphatic rings. The fourth-order valence-corrected chi connectivity index (χ4v) is 6.91. The Labute approximate surface area is 189 Å². The zero-order chi connectivity index (χ0) is 21.7. The molecule has 0 spiro atoms. The van der Waals surface area contributed by atoms with E-state index in [4.69, 9.17) is 11.6 Å². The van der Waals surface area contributed by atoms with Crippen LogP contribution in [-0.4, -0.2) is 37.2 Å². The zero-order valence-corrected chi connectivity index (χ0v) is 19.2. The van der Waals surface area contributed by atoms with Crippen LogP contribution in [0.15, 0.2) is 51.9 Å². The average molecular weight is 540 g/mol. The fraction of sp³-hybridized carbons (Fsp3) is 0.316. The van der Waals surface area contributed by atoms with Gasteiger partial charge in [-0.1, -0.05) is 51.4 Å². The number of sulfone groups is 1. The van der Waals surface area contributed by atoms with Crippen LogP contribution in [-0.2, 0) is 21.8 Å². The highest BCUT2D eigenvalue weighted by atomic mass is 79.9. The van der Waals surface area contributed by atoms with Crippen LogP contribution in [0.25, 0.3) is 0 Å². The Morgan fingerprint density at radius 2 is 1.87 bits per heavy atom. The highest BCUT2D eigenvalue weighted by Crippen LogP contribution is 2.41. The predicted molar refractivity (Wildman–Crippen MR) is 118 cm³/mol. The Balaban J connectivity index is 1.69. The second-order valence-corrected chi connectivity index (χ2v) is 11.5. The lowest BCUT2D eigenvalue weighted by Gasteiger charge is -2.28. The van der Waals surface area contributed by atoms with Gasteiger partial charge in [0.05, 0.1) is 39.9 Å². The van der Waals surface area contributed by atoms with Gasteiger partial charge in [0.15, 0.2) is 15.0 Å². The van der Waals surface area contributed by atoms with E-state index in [1.165, 1.54) is 17.8 Å². The van der Waals surface area contributed by atoms with Gasteiger partial charge in [0.25, 0.3) is 0 Å². The first kappa shape index (κ1) is 22.0. The Morgan fingerprint density at radius 1 is 1.17 bits per heavy atom. The molecule has 30 heavy (non-hydrogen) atoms. The number of aliphatic imine (C=N–C) groups is 1. The highest BCUT2D eigenvalue weighted by Gasteiger charge is 2.48. The molecule has 0 saturated carbocycles. The molecule has 0 aromatic heterocycles. The lowest BCUT2D eigenvalue weighted by atomic mass is 10.1. The SMILES string of the molecule is O=S1(=O)C[C@H]2N=C(SCc3ccc(Br)cc3)N(c3cc(C(F)(F)F)ccc3Cl)[C@H]2C1. The second kappa shape index (κ2) is 8.03. The molecule has 0 aliphatic carbocycles. The van der Waals surface area contributed by atoms with E-state index >= 15 is 0 Å². The summed E-state index contributed by atoms with van der Waals surface area (Å²) in [6.07, 6.45) is -4.54. The van der Waals surface area contributed by atoms with Crippen molar-refractivity contribution in [1.82, 2.24) is 0 Å². The maximum Gasteiger partial charge on any atom is 0.416 e. The Bertz CT molecular complexity index is 1110. The van der Waals surface area contributed by atoms with Crippen molar-refractivity contribution in [1.29, 1.82) is 0 Å². The Kier molecular flexibility index (Phi) is 5.89. The van der Waals surface area contributed by atoms with Gasteiger partial charge in [0, 0.05) is 10.2 Å². The lowest BCUT2D eigenvalue weighted by Crippen LogP contribution is -2.39. The number of nitrogens with zero attached hydrogens (tertiary/aromatic N) is 2. The zero-order valence-electron chi connectivity index (χ0n) is 15.2. The van der Waals surface area contributed by atoms with Crippen molar-refractivity contribution >= 4 is 60.0 Å². The molecule has 2 aliphatic heterocycles. The monoisotopic (exact) mass is 538 g/mol. The van der Waals surface area contributed by atoms with Gasteiger partial charge in [-0.15, -0.1) is 0 Å². The van der Waals surface area contributed by atoms with Gasteiger partial charge in [-0.3, -0.25) is 4.99 Å². The van der Waals surface area contributed by atoms with Crippen molar-refractivity contribution in [3.05, 3.63) is 63.1 Å². The van der Waals surface area contributed by atoms with Crippen molar-refractivity contribution in [2.75, 3.05) is 16.4 Å². The Hall–Kier alpha value is -1.23. The molecule has 4 nitrogen and oxygen atoms in total. The van der Waals surface area contributed by atoms with Crippen molar-refractivity contribution in [3.63, 3.8) is 0 Å². The molecule has 1 fully saturated rings. The number of hydrogen-bond donors (Lipinski definition) is 0. The van der Waals surface area contributed by atoms with Gasteiger partial charge in [-0.2, -0.15) is 13.2 Å². The molecule has 1 saturated heterocycles. The summed E-state index contributed by atoms with van der Waals surface area (Å²) in [5.74, 6) is 0.245. The number of fused-ring (bicyclic) bond motifs is 1. The molecule has 2 atom stereocenters. The van der Waals surface area contributed by atoms with E-state index in [0.29, 0.717) is 10.9 Å². The molecule has 2 heterocycles. The third-order valence-corrected chi connectivity index (χ3v) is 8.51. The smallest absolute Gasteiger partial charge is 0.313 e. The van der Waals surface area contributed by atoms with E-state index in [1.54, 1.807) is 4.90 Å². The van der Waals surface area contributed by atoms with E-state index in [2.05, 4.69) is 20.9 Å². The van der Waals surface area contributed by atoms with E-state index in [0.717, 1.165) is 22.2 Å². The summed E-state index contributed by atoms with van der Waals surface area (Å²) in [6.45, 7) is 0. The van der Waals surface area contributed by atoms with Gasteiger partial charge >= 0.3 is 6.18 Å². The molecular formula is C19H15BrClF3N2O2S2. The first-order chi connectivity index (χ1) is 14.0. The number of anilines is 1. The summed E-state index contributed by atoms with van der Waals surface area (Å²) in [5, 5.41) is 0.592. The molecule has 0 bridgehead atoms. The summed E-state index contributed by atoms with van der Waals surface area (Å²) in [5.41, 5.74) is 0.285. The maximum atomic E-state index is 13.3. The lowest BCUT2D eigenvalue weighted by molar-refractivity contribution is -0.137. The van der Waals surface area contributed by atoms with E-state index in [-0.39, 0.29) is 22.2 Å². The predicted octanol–water partition coefficient (Wildman–Crippen LogP) is 5.40. The summed E-state index contributed by atoms with van der Waals surface area (Å²) in [7, 11) is -3.32. The third kappa shape index (κ3) is 4.51. The van der Waals surface area contributed by atoms with Gasteiger partial charge in [0.2, 0.25) is 0 Å². The van der Waals surface area contributed by atoms with Gasteiger partial charge in [-0.25, -0.2) is 8.42 Å². The van der Waals surface area contributed by atoms with Crippen LogP contribution in [0.4, 0.5) is 18.9 Å². The van der Waals surface area contributed by atoms with Gasteiger partial charge < -0.3 is 4.90 Å². The van der Waals surface area contributed by atoms with Gasteiger partial charge in [0.1, 0.15) is 0 Å². The van der Waals surface area contributed by atoms with Crippen molar-refractivity contribution in [2.24, 2.45) is 4.99 Å². The summed E-state index contributed by atoms with van der Waals surface area (Å²) in [6, 6.07) is 9.63. The van der Waals surface area contributed by atoms with Crippen LogP contribution < -0.4 is 4.90 Å². The average Bonchev–Trinajstić information content (AvgIpc) is 3.12. The standard InChI is InChI=1S/C19H15BrClF3N2O2S2/c20-13-4-1-11(2-5-13)8-29-18-25-15-9-30(27,28)10-17(15)26(18)16-7-12(19(22,23)24)3-6-14(16)21/h1-7,15,17H,8-10H2/t15-,17+/m1/s1. The molecule has 0 radical (unpaired) electrons. The van der Waals surface area contributed by atoms with E-state index in [9.17, 15) is 21.6 Å². The number of rotatable bonds is 3. The molecule has 0 unspecified atom stereocenters. The minimum absolute atomic E-state index is 0.116. The van der Waals surface area contributed by atoms with Crippen LogP contribution in [0.1, 0.15) is 11.1 Å². The molecule has 0 N–H and O–H groups in total. The molecule has 0 amide bonds. The molecule has 11 heteroatoms. The summed E-state index contributed by atoms with van der Waals surface area (Å²) in [4.78, 5) is 6.11. The molecule has 4 rings (SSSR count). The maximum absolute atomic E-state index is 13.3.